The van der Waals surface area contributed by atoms with E-state index in [4.69, 9.17) is 4.52 Å². The number of anilines is 1. The molecule has 8 nitrogen and oxygen atoms in total. The van der Waals surface area contributed by atoms with Crippen LogP contribution in [-0.2, 0) is 21.2 Å². The molecule has 1 saturated heterocycles. The summed E-state index contributed by atoms with van der Waals surface area (Å²) in [5, 5.41) is 5.63. The average Bonchev–Trinajstić information content (AvgIpc) is 3.48. The summed E-state index contributed by atoms with van der Waals surface area (Å²) in [6.07, 6.45) is 1.92. The maximum absolute atomic E-state index is 13.3. The predicted octanol–water partition coefficient (Wildman–Crippen LogP) is 3.73. The molecule has 170 valence electrons. The second-order valence-electron chi connectivity index (χ2n) is 7.95. The molecule has 1 amide bonds. The van der Waals surface area contributed by atoms with Crippen LogP contribution in [0.5, 0.6) is 0 Å². The van der Waals surface area contributed by atoms with Crippen LogP contribution in [0.15, 0.2) is 44.4 Å². The van der Waals surface area contributed by atoms with Crippen LogP contribution < -0.4 is 4.90 Å². The van der Waals surface area contributed by atoms with Crippen molar-refractivity contribution < 1.29 is 17.7 Å². The second-order valence-corrected chi connectivity index (χ2v) is 11.0. The average molecular weight is 475 g/mol. The first-order valence-corrected chi connectivity index (χ1v) is 12.9. The molecule has 1 aliphatic heterocycles. The van der Waals surface area contributed by atoms with Crippen molar-refractivity contribution in [1.29, 1.82) is 0 Å². The molecule has 3 heterocycles. The van der Waals surface area contributed by atoms with Gasteiger partial charge in [0.05, 0.1) is 5.92 Å². The van der Waals surface area contributed by atoms with E-state index in [2.05, 4.69) is 10.1 Å². The molecule has 1 aliphatic rings. The molecule has 32 heavy (non-hydrogen) atoms. The van der Waals surface area contributed by atoms with Crippen LogP contribution >= 0.6 is 11.3 Å². The van der Waals surface area contributed by atoms with Crippen LogP contribution in [-0.4, -0.2) is 48.9 Å². The number of carbonyl (C=O) groups excluding carboxylic acids is 1. The molecule has 0 N–H and O–H groups in total. The van der Waals surface area contributed by atoms with Gasteiger partial charge in [-0.2, -0.15) is 9.29 Å². The zero-order chi connectivity index (χ0) is 22.9. The van der Waals surface area contributed by atoms with Gasteiger partial charge in [0.15, 0.2) is 0 Å². The van der Waals surface area contributed by atoms with E-state index >= 15 is 0 Å². The number of piperidine rings is 1. The van der Waals surface area contributed by atoms with Gasteiger partial charge in [-0.15, -0.1) is 11.3 Å². The summed E-state index contributed by atoms with van der Waals surface area (Å²) in [4.78, 5) is 19.0. The molecule has 0 saturated carbocycles. The molecule has 0 aliphatic carbocycles. The molecule has 1 atom stereocenters. The molecule has 0 bridgehead atoms. The van der Waals surface area contributed by atoms with Gasteiger partial charge in [-0.1, -0.05) is 29.8 Å². The van der Waals surface area contributed by atoms with Crippen molar-refractivity contribution in [2.45, 2.75) is 37.3 Å². The van der Waals surface area contributed by atoms with Crippen molar-refractivity contribution in [3.05, 3.63) is 47.2 Å². The Balaban J connectivity index is 1.49. The molecular weight excluding hydrogens is 448 g/mol. The van der Waals surface area contributed by atoms with Crippen molar-refractivity contribution in [3.8, 4) is 11.4 Å². The third kappa shape index (κ3) is 4.48. The fourth-order valence-corrected chi connectivity index (χ4v) is 6.58. The molecule has 3 aromatic rings. The lowest BCUT2D eigenvalue weighted by atomic mass is 9.98. The first-order valence-electron chi connectivity index (χ1n) is 10.6. The van der Waals surface area contributed by atoms with E-state index in [1.54, 1.807) is 23.4 Å². The predicted molar refractivity (Wildman–Crippen MR) is 123 cm³/mol. The highest BCUT2D eigenvalue weighted by atomic mass is 32.2. The molecule has 2 aromatic heterocycles. The minimum absolute atomic E-state index is 0.0699. The van der Waals surface area contributed by atoms with E-state index in [1.165, 1.54) is 4.31 Å². The molecule has 0 unspecified atom stereocenters. The summed E-state index contributed by atoms with van der Waals surface area (Å²) in [6.45, 7) is 4.47. The number of hydrogen-bond donors (Lipinski definition) is 0. The van der Waals surface area contributed by atoms with Crippen LogP contribution in [0.25, 0.3) is 11.4 Å². The Labute approximate surface area is 191 Å². The summed E-state index contributed by atoms with van der Waals surface area (Å²) in [7, 11) is -1.98. The van der Waals surface area contributed by atoms with E-state index in [0.717, 1.165) is 22.6 Å². The first kappa shape index (κ1) is 22.6. The van der Waals surface area contributed by atoms with E-state index in [0.29, 0.717) is 43.1 Å². The zero-order valence-corrected chi connectivity index (χ0v) is 19.9. The van der Waals surface area contributed by atoms with E-state index in [1.807, 2.05) is 38.1 Å². The number of hydrogen-bond acceptors (Lipinski definition) is 7. The normalized spacial score (nSPS) is 17.4. The van der Waals surface area contributed by atoms with Gasteiger partial charge < -0.3 is 9.42 Å². The smallest absolute Gasteiger partial charge is 0.252 e. The van der Waals surface area contributed by atoms with E-state index in [-0.39, 0.29) is 22.6 Å². The van der Waals surface area contributed by atoms with Gasteiger partial charge in [0.2, 0.25) is 17.6 Å². The summed E-state index contributed by atoms with van der Waals surface area (Å²) in [5.74, 6) is 0.435. The van der Waals surface area contributed by atoms with Crippen molar-refractivity contribution in [2.75, 3.05) is 25.0 Å². The van der Waals surface area contributed by atoms with Crippen molar-refractivity contribution in [2.24, 2.45) is 5.92 Å². The van der Waals surface area contributed by atoms with Crippen molar-refractivity contribution in [3.63, 3.8) is 0 Å². The lowest BCUT2D eigenvalue weighted by Gasteiger charge is -2.33. The van der Waals surface area contributed by atoms with Gasteiger partial charge in [-0.05, 0) is 38.0 Å². The molecule has 10 heteroatoms. The number of rotatable bonds is 6. The Hall–Kier alpha value is -2.56. The fraction of sp³-hybridized carbons (Fsp3) is 0.409. The van der Waals surface area contributed by atoms with Gasteiger partial charge >= 0.3 is 0 Å². The molecular formula is C22H26N4O4S2. The largest absolute Gasteiger partial charge is 0.339 e. The van der Waals surface area contributed by atoms with Gasteiger partial charge in [0, 0.05) is 43.2 Å². The first-order chi connectivity index (χ1) is 15.3. The number of nitrogens with zero attached hydrogens (tertiary/aromatic N) is 4. The summed E-state index contributed by atoms with van der Waals surface area (Å²) in [6, 6.07) is 9.30. The highest BCUT2D eigenvalue weighted by Crippen LogP contribution is 2.32. The zero-order valence-electron chi connectivity index (χ0n) is 18.3. The van der Waals surface area contributed by atoms with Crippen molar-refractivity contribution >= 4 is 33.0 Å². The highest BCUT2D eigenvalue weighted by molar-refractivity contribution is 7.91. The fourth-order valence-electron chi connectivity index (χ4n) is 3.74. The summed E-state index contributed by atoms with van der Waals surface area (Å²) >= 11 is 1.13. The second kappa shape index (κ2) is 9.13. The number of thiophene rings is 1. The Kier molecular flexibility index (Phi) is 6.45. The van der Waals surface area contributed by atoms with Crippen LogP contribution in [0.4, 0.5) is 5.69 Å². The minimum atomic E-state index is -3.72. The summed E-state index contributed by atoms with van der Waals surface area (Å²) in [5.41, 5.74) is 2.53. The Morgan fingerprint density at radius 2 is 2.06 bits per heavy atom. The number of carbonyl (C=O) groups is 1. The third-order valence-corrected chi connectivity index (χ3v) is 8.96. The highest BCUT2D eigenvalue weighted by Gasteiger charge is 2.35. The molecule has 1 fully saturated rings. The number of amides is 1. The summed E-state index contributed by atoms with van der Waals surface area (Å²) < 4.78 is 33.3. The van der Waals surface area contributed by atoms with Crippen LogP contribution in [0.2, 0.25) is 0 Å². The monoisotopic (exact) mass is 474 g/mol. The van der Waals surface area contributed by atoms with Crippen LogP contribution in [0.3, 0.4) is 0 Å². The SMILES string of the molecule is CCc1nc(-c2csc(S(=O)(=O)N3CCC[C@@H](C(=O)N(C)c4ccc(C)cc4)C3)c2)no1. The number of aromatic nitrogens is 2. The molecule has 0 spiro atoms. The number of aryl methyl sites for hydroxylation is 2. The maximum atomic E-state index is 13.3. The minimum Gasteiger partial charge on any atom is -0.339 e. The standard InChI is InChI=1S/C22H26N4O4S2/c1-4-19-23-21(24-30-19)17-12-20(31-14-17)32(28,29)26-11-5-6-16(13-26)22(27)25(3)18-9-7-15(2)8-10-18/h7-10,12,14,16H,4-6,11,13H2,1-3H3/t16-/m1/s1. The Bertz CT molecular complexity index is 1200. The van der Waals surface area contributed by atoms with E-state index < -0.39 is 10.0 Å². The molecule has 1 aromatic carbocycles. The molecule has 4 rings (SSSR count). The maximum Gasteiger partial charge on any atom is 0.252 e. The lowest BCUT2D eigenvalue weighted by molar-refractivity contribution is -0.123. The Morgan fingerprint density at radius 1 is 1.31 bits per heavy atom. The third-order valence-electron chi connectivity index (χ3n) is 5.68. The quantitative estimate of drug-likeness (QED) is 0.540. The van der Waals surface area contributed by atoms with Crippen molar-refractivity contribution in [1.82, 2.24) is 14.4 Å². The van der Waals surface area contributed by atoms with Gasteiger partial charge in [-0.25, -0.2) is 8.42 Å². The van der Waals surface area contributed by atoms with Crippen LogP contribution in [0.1, 0.15) is 31.2 Å². The molecule has 0 radical (unpaired) electrons. The number of sulfonamides is 1. The lowest BCUT2D eigenvalue weighted by Crippen LogP contribution is -2.45. The van der Waals surface area contributed by atoms with Crippen LogP contribution in [0, 0.1) is 12.8 Å². The van der Waals surface area contributed by atoms with Gasteiger partial charge in [0.25, 0.3) is 10.0 Å². The Morgan fingerprint density at radius 3 is 2.75 bits per heavy atom. The topological polar surface area (TPSA) is 96.6 Å². The van der Waals surface area contributed by atoms with Gasteiger partial charge in [0.1, 0.15) is 4.21 Å². The number of benzene rings is 1. The van der Waals surface area contributed by atoms with Gasteiger partial charge in [-0.3, -0.25) is 4.79 Å². The van der Waals surface area contributed by atoms with E-state index in [9.17, 15) is 13.2 Å².